The molecule has 0 saturated heterocycles. The third-order valence-corrected chi connectivity index (χ3v) is 4.01. The van der Waals surface area contributed by atoms with Crippen LogP contribution in [0.15, 0.2) is 48.5 Å². The summed E-state index contributed by atoms with van der Waals surface area (Å²) in [6, 6.07) is 16.7. The Morgan fingerprint density at radius 2 is 0.909 bits per heavy atom. The van der Waals surface area contributed by atoms with Crippen LogP contribution >= 0.6 is 0 Å². The summed E-state index contributed by atoms with van der Waals surface area (Å²) in [7, 11) is 0. The molecule has 22 heavy (non-hydrogen) atoms. The van der Waals surface area contributed by atoms with Crippen molar-refractivity contribution in [2.24, 2.45) is 0 Å². The topological polar surface area (TPSA) is 46.9 Å². The first-order valence-electron chi connectivity index (χ1n) is 7.81. The van der Waals surface area contributed by atoms with E-state index in [-0.39, 0.29) is 13.2 Å². The zero-order chi connectivity index (χ0) is 15.4. The molecule has 0 amide bonds. The van der Waals surface area contributed by atoms with E-state index >= 15 is 0 Å². The number of hydrogen-bond donors (Lipinski definition) is 2. The van der Waals surface area contributed by atoms with E-state index in [9.17, 15) is 10.2 Å². The molecule has 0 aromatic heterocycles. The van der Waals surface area contributed by atoms with Gasteiger partial charge in [0.1, 0.15) is 0 Å². The number of rotatable bonds is 6. The van der Waals surface area contributed by atoms with Crippen LogP contribution in [0.1, 0.15) is 12.8 Å². The Labute approximate surface area is 131 Å². The molecule has 2 N–H and O–H groups in total. The van der Waals surface area contributed by atoms with Gasteiger partial charge in [0, 0.05) is 26.3 Å². The van der Waals surface area contributed by atoms with Crippen LogP contribution in [0.25, 0.3) is 0 Å². The molecule has 2 aromatic rings. The first-order chi connectivity index (χ1) is 10.9. The number of aliphatic hydroxyl groups excluding tert-OH is 2. The molecule has 0 fully saturated rings. The second kappa shape index (κ2) is 6.81. The van der Waals surface area contributed by atoms with Crippen molar-refractivity contribution in [3.05, 3.63) is 48.5 Å². The average Bonchev–Trinajstić information content (AvgIpc) is 2.58. The van der Waals surface area contributed by atoms with E-state index in [1.165, 1.54) is 0 Å². The van der Waals surface area contributed by atoms with Crippen LogP contribution in [0.5, 0.6) is 0 Å². The van der Waals surface area contributed by atoms with Crippen LogP contribution in [0.2, 0.25) is 0 Å². The minimum atomic E-state index is 0.190. The maximum absolute atomic E-state index is 9.20. The molecule has 0 spiro atoms. The first-order valence-corrected chi connectivity index (χ1v) is 7.81. The van der Waals surface area contributed by atoms with Gasteiger partial charge in [-0.1, -0.05) is 24.3 Å². The summed E-state index contributed by atoms with van der Waals surface area (Å²) in [4.78, 5) is 4.55. The van der Waals surface area contributed by atoms with Gasteiger partial charge in [-0.3, -0.25) is 0 Å². The second-order valence-electron chi connectivity index (χ2n) is 5.44. The molecule has 1 aliphatic heterocycles. The predicted molar refractivity (Wildman–Crippen MR) is 90.3 cm³/mol. The molecule has 0 saturated carbocycles. The van der Waals surface area contributed by atoms with Gasteiger partial charge in [0.25, 0.3) is 0 Å². The summed E-state index contributed by atoms with van der Waals surface area (Å²) in [5.41, 5.74) is 4.64. The van der Waals surface area contributed by atoms with E-state index in [0.717, 1.165) is 48.7 Å². The highest BCUT2D eigenvalue weighted by Gasteiger charge is 2.26. The Hall–Kier alpha value is -2.04. The number of nitrogens with zero attached hydrogens (tertiary/aromatic N) is 2. The normalized spacial score (nSPS) is 13.0. The van der Waals surface area contributed by atoms with Gasteiger partial charge in [-0.05, 0) is 37.1 Å². The van der Waals surface area contributed by atoms with Gasteiger partial charge in [-0.25, -0.2) is 0 Å². The molecular formula is C18H22N2O2. The van der Waals surface area contributed by atoms with E-state index in [1.54, 1.807) is 0 Å². The van der Waals surface area contributed by atoms with Crippen LogP contribution in [-0.2, 0) is 0 Å². The highest BCUT2D eigenvalue weighted by Crippen LogP contribution is 2.47. The number of hydrogen-bond acceptors (Lipinski definition) is 4. The lowest BCUT2D eigenvalue weighted by Gasteiger charge is -2.40. The van der Waals surface area contributed by atoms with Gasteiger partial charge in [-0.15, -0.1) is 0 Å². The fourth-order valence-electron chi connectivity index (χ4n) is 3.04. The standard InChI is InChI=1S/C18H22N2O2/c21-13-5-11-19-15-7-1-2-8-16(15)20(12-6-14-22)18-10-4-3-9-17(18)19/h1-4,7-10,21-22H,5-6,11-14H2. The van der Waals surface area contributed by atoms with Gasteiger partial charge >= 0.3 is 0 Å². The van der Waals surface area contributed by atoms with Crippen LogP contribution in [0.4, 0.5) is 22.7 Å². The molecule has 2 aromatic carbocycles. The molecule has 0 radical (unpaired) electrons. The molecular weight excluding hydrogens is 276 g/mol. The fourth-order valence-corrected chi connectivity index (χ4v) is 3.04. The summed E-state index contributed by atoms with van der Waals surface area (Å²) in [6.45, 7) is 1.96. The molecule has 1 aliphatic rings. The third kappa shape index (κ3) is 2.67. The second-order valence-corrected chi connectivity index (χ2v) is 5.44. The number of aliphatic hydroxyl groups is 2. The summed E-state index contributed by atoms with van der Waals surface area (Å²) < 4.78 is 0. The molecule has 0 bridgehead atoms. The number of fused-ring (bicyclic) bond motifs is 2. The maximum atomic E-state index is 9.20. The van der Waals surface area contributed by atoms with Crippen LogP contribution in [0, 0.1) is 0 Å². The lowest BCUT2D eigenvalue weighted by molar-refractivity contribution is 0.290. The van der Waals surface area contributed by atoms with E-state index in [1.807, 2.05) is 24.3 Å². The average molecular weight is 298 g/mol. The van der Waals surface area contributed by atoms with Gasteiger partial charge in [0.05, 0.1) is 22.7 Å². The fraction of sp³-hybridized carbons (Fsp3) is 0.333. The Bertz CT molecular complexity index is 528. The largest absolute Gasteiger partial charge is 0.396 e. The smallest absolute Gasteiger partial charge is 0.0652 e. The Morgan fingerprint density at radius 1 is 0.591 bits per heavy atom. The zero-order valence-electron chi connectivity index (χ0n) is 12.7. The van der Waals surface area contributed by atoms with Crippen LogP contribution < -0.4 is 9.80 Å². The van der Waals surface area contributed by atoms with Crippen molar-refractivity contribution >= 4 is 22.7 Å². The third-order valence-electron chi connectivity index (χ3n) is 4.01. The van der Waals surface area contributed by atoms with Crippen molar-refractivity contribution in [2.75, 3.05) is 36.1 Å². The molecule has 0 aliphatic carbocycles. The lowest BCUT2D eigenvalue weighted by Crippen LogP contribution is -2.31. The first kappa shape index (κ1) is 14.9. The quantitative estimate of drug-likeness (QED) is 0.860. The van der Waals surface area contributed by atoms with Crippen molar-refractivity contribution in [1.82, 2.24) is 0 Å². The van der Waals surface area contributed by atoms with Crippen molar-refractivity contribution in [1.29, 1.82) is 0 Å². The summed E-state index contributed by atoms with van der Waals surface area (Å²) in [5, 5.41) is 18.4. The highest BCUT2D eigenvalue weighted by atomic mass is 16.3. The maximum Gasteiger partial charge on any atom is 0.0652 e. The Kier molecular flexibility index (Phi) is 4.61. The lowest BCUT2D eigenvalue weighted by atomic mass is 10.1. The molecule has 116 valence electrons. The van der Waals surface area contributed by atoms with E-state index in [2.05, 4.69) is 34.1 Å². The molecule has 4 heteroatoms. The molecule has 0 atom stereocenters. The van der Waals surface area contributed by atoms with Crippen molar-refractivity contribution in [3.63, 3.8) is 0 Å². The minimum Gasteiger partial charge on any atom is -0.396 e. The number of para-hydroxylation sites is 4. The summed E-state index contributed by atoms with van der Waals surface area (Å²) in [6.07, 6.45) is 1.47. The molecule has 3 rings (SSSR count). The van der Waals surface area contributed by atoms with Gasteiger partial charge in [0.2, 0.25) is 0 Å². The monoisotopic (exact) mass is 298 g/mol. The van der Waals surface area contributed by atoms with Crippen molar-refractivity contribution in [3.8, 4) is 0 Å². The summed E-state index contributed by atoms with van der Waals surface area (Å²) >= 11 is 0. The summed E-state index contributed by atoms with van der Waals surface area (Å²) in [5.74, 6) is 0. The molecule has 0 unspecified atom stereocenters. The predicted octanol–water partition coefficient (Wildman–Crippen LogP) is 3.04. The van der Waals surface area contributed by atoms with E-state index in [4.69, 9.17) is 0 Å². The van der Waals surface area contributed by atoms with E-state index in [0.29, 0.717) is 0 Å². The SMILES string of the molecule is OCCCN1c2ccccc2N(CCCO)c2ccccc21. The van der Waals surface area contributed by atoms with Gasteiger partial charge in [-0.2, -0.15) is 0 Å². The van der Waals surface area contributed by atoms with Crippen molar-refractivity contribution < 1.29 is 10.2 Å². The van der Waals surface area contributed by atoms with Gasteiger partial charge in [0.15, 0.2) is 0 Å². The van der Waals surface area contributed by atoms with Crippen molar-refractivity contribution in [2.45, 2.75) is 12.8 Å². The highest BCUT2D eigenvalue weighted by molar-refractivity contribution is 5.93. The Morgan fingerprint density at radius 3 is 1.18 bits per heavy atom. The van der Waals surface area contributed by atoms with Crippen LogP contribution in [0.3, 0.4) is 0 Å². The van der Waals surface area contributed by atoms with Crippen LogP contribution in [-0.4, -0.2) is 36.5 Å². The zero-order valence-corrected chi connectivity index (χ0v) is 12.7. The number of anilines is 4. The van der Waals surface area contributed by atoms with Gasteiger partial charge < -0.3 is 20.0 Å². The van der Waals surface area contributed by atoms with E-state index < -0.39 is 0 Å². The number of benzene rings is 2. The minimum absolute atomic E-state index is 0.190. The molecule has 1 heterocycles. The Balaban J connectivity index is 2.06. The molecule has 4 nitrogen and oxygen atoms in total.